The summed E-state index contributed by atoms with van der Waals surface area (Å²) in [5.74, 6) is -1.26. The number of rotatable bonds is 9. The van der Waals surface area contributed by atoms with E-state index < -0.39 is 30.1 Å². The number of nitrogens with one attached hydrogen (secondary N) is 2. The van der Waals surface area contributed by atoms with Gasteiger partial charge in [0, 0.05) is 9.99 Å². The van der Waals surface area contributed by atoms with Crippen LogP contribution in [-0.4, -0.2) is 37.2 Å². The molecule has 0 spiro atoms. The lowest BCUT2D eigenvalue weighted by Gasteiger charge is -2.24. The van der Waals surface area contributed by atoms with Gasteiger partial charge in [0.25, 0.3) is 0 Å². The summed E-state index contributed by atoms with van der Waals surface area (Å²) in [5.41, 5.74) is 1.75. The molecule has 0 radical (unpaired) electrons. The molecule has 7 nitrogen and oxygen atoms in total. The summed E-state index contributed by atoms with van der Waals surface area (Å²) in [7, 11) is 1.27. The molecule has 0 bridgehead atoms. The predicted molar refractivity (Wildman–Crippen MR) is 125 cm³/mol. The van der Waals surface area contributed by atoms with Gasteiger partial charge in [-0.25, -0.2) is 9.59 Å². The van der Waals surface area contributed by atoms with Gasteiger partial charge in [0.1, 0.15) is 18.7 Å². The Labute approximate surface area is 196 Å². The van der Waals surface area contributed by atoms with E-state index in [-0.39, 0.29) is 18.9 Å². The Kier molecular flexibility index (Phi) is 9.77. The van der Waals surface area contributed by atoms with Crippen molar-refractivity contribution in [1.82, 2.24) is 10.6 Å². The van der Waals surface area contributed by atoms with Crippen molar-refractivity contribution in [2.75, 3.05) is 7.11 Å². The second-order valence-electron chi connectivity index (χ2n) is 7.31. The number of ether oxygens (including phenoxy) is 2. The first-order valence-electron chi connectivity index (χ1n) is 9.90. The van der Waals surface area contributed by atoms with E-state index in [0.717, 1.165) is 14.7 Å². The zero-order chi connectivity index (χ0) is 22.8. The molecular weight excluding hydrogens is 511 g/mol. The van der Waals surface area contributed by atoms with Crippen LogP contribution in [0.5, 0.6) is 0 Å². The Morgan fingerprint density at radius 2 is 1.61 bits per heavy atom. The first-order valence-corrected chi connectivity index (χ1v) is 11.0. The van der Waals surface area contributed by atoms with E-state index in [9.17, 15) is 14.4 Å². The molecule has 0 saturated carbocycles. The fourth-order valence-corrected chi connectivity index (χ4v) is 3.52. The molecule has 166 valence electrons. The van der Waals surface area contributed by atoms with E-state index in [2.05, 4.69) is 33.2 Å². The fourth-order valence-electron chi connectivity index (χ4n) is 2.91. The van der Waals surface area contributed by atoms with Crippen molar-refractivity contribution in [3.8, 4) is 0 Å². The highest BCUT2D eigenvalue weighted by atomic mass is 127. The Hall–Kier alpha value is -2.62. The zero-order valence-electron chi connectivity index (χ0n) is 17.8. The number of amides is 2. The minimum atomic E-state index is -0.878. The van der Waals surface area contributed by atoms with Gasteiger partial charge in [0.2, 0.25) is 5.91 Å². The monoisotopic (exact) mass is 538 g/mol. The summed E-state index contributed by atoms with van der Waals surface area (Å²) < 4.78 is 11.1. The second kappa shape index (κ2) is 12.3. The smallest absolute Gasteiger partial charge is 0.408 e. The maximum atomic E-state index is 12.9. The lowest BCUT2D eigenvalue weighted by atomic mass is 10.0. The molecule has 0 saturated heterocycles. The lowest BCUT2D eigenvalue weighted by molar-refractivity contribution is -0.145. The van der Waals surface area contributed by atoms with Gasteiger partial charge in [-0.2, -0.15) is 0 Å². The molecule has 2 amide bonds. The quantitative estimate of drug-likeness (QED) is 0.377. The molecule has 0 unspecified atom stereocenters. The van der Waals surface area contributed by atoms with E-state index >= 15 is 0 Å². The van der Waals surface area contributed by atoms with Crippen LogP contribution in [0.25, 0.3) is 0 Å². The molecule has 2 rings (SSSR count). The van der Waals surface area contributed by atoms with E-state index in [1.54, 1.807) is 13.8 Å². The van der Waals surface area contributed by atoms with Crippen LogP contribution in [0, 0.1) is 9.49 Å². The first kappa shape index (κ1) is 24.6. The molecule has 0 fully saturated rings. The van der Waals surface area contributed by atoms with Crippen LogP contribution < -0.4 is 10.6 Å². The van der Waals surface area contributed by atoms with Gasteiger partial charge in [0.15, 0.2) is 0 Å². The fraction of sp³-hybridized carbons (Fsp3) is 0.348. The van der Waals surface area contributed by atoms with Gasteiger partial charge in [-0.3, -0.25) is 4.79 Å². The Balaban J connectivity index is 2.03. The molecular formula is C23H27IN2O5. The SMILES string of the molecule is COC(=O)[C@H](Cc1ccccc1I)NC(=O)[C@H](NC(=O)OCc1ccccc1)C(C)C. The van der Waals surface area contributed by atoms with Crippen LogP contribution in [0.15, 0.2) is 54.6 Å². The van der Waals surface area contributed by atoms with Crippen LogP contribution in [0.3, 0.4) is 0 Å². The number of hydrogen-bond donors (Lipinski definition) is 2. The maximum Gasteiger partial charge on any atom is 0.408 e. The average Bonchev–Trinajstić information content (AvgIpc) is 2.76. The second-order valence-corrected chi connectivity index (χ2v) is 8.47. The lowest BCUT2D eigenvalue weighted by Crippen LogP contribution is -2.54. The minimum absolute atomic E-state index is 0.0936. The number of hydrogen-bond acceptors (Lipinski definition) is 5. The van der Waals surface area contributed by atoms with Gasteiger partial charge >= 0.3 is 12.1 Å². The minimum Gasteiger partial charge on any atom is -0.467 e. The standard InChI is InChI=1S/C23H27IN2O5/c1-15(2)20(26-23(29)31-14-16-9-5-4-6-10-16)21(27)25-19(22(28)30-3)13-17-11-7-8-12-18(17)24/h4-12,15,19-20H,13-14H2,1-3H3,(H,25,27)(H,26,29)/t19-,20+/m0/s1. The molecule has 0 aliphatic heterocycles. The number of alkyl carbamates (subject to hydrolysis) is 1. The van der Waals surface area contributed by atoms with E-state index in [0.29, 0.717) is 0 Å². The first-order chi connectivity index (χ1) is 14.8. The van der Waals surface area contributed by atoms with Crippen molar-refractivity contribution in [2.45, 2.75) is 39.0 Å². The van der Waals surface area contributed by atoms with Gasteiger partial charge in [0.05, 0.1) is 7.11 Å². The molecule has 0 aliphatic rings. The summed E-state index contributed by atoms with van der Waals surface area (Å²) in [6.07, 6.45) is -0.425. The van der Waals surface area contributed by atoms with Crippen LogP contribution >= 0.6 is 22.6 Å². The molecule has 2 aromatic carbocycles. The highest BCUT2D eigenvalue weighted by molar-refractivity contribution is 14.1. The molecule has 31 heavy (non-hydrogen) atoms. The van der Waals surface area contributed by atoms with Gasteiger partial charge in [-0.1, -0.05) is 62.4 Å². The van der Waals surface area contributed by atoms with E-state index in [1.165, 1.54) is 7.11 Å². The van der Waals surface area contributed by atoms with Crippen molar-refractivity contribution in [3.05, 3.63) is 69.3 Å². The van der Waals surface area contributed by atoms with E-state index in [1.807, 2.05) is 54.6 Å². The number of carbonyl (C=O) groups is 3. The highest BCUT2D eigenvalue weighted by Crippen LogP contribution is 2.14. The number of esters is 1. The van der Waals surface area contributed by atoms with Crippen molar-refractivity contribution in [3.63, 3.8) is 0 Å². The number of halogens is 1. The molecule has 2 atom stereocenters. The van der Waals surface area contributed by atoms with Gasteiger partial charge < -0.3 is 20.1 Å². The van der Waals surface area contributed by atoms with Gasteiger partial charge in [-0.15, -0.1) is 0 Å². The number of benzene rings is 2. The van der Waals surface area contributed by atoms with Crippen LogP contribution in [-0.2, 0) is 32.1 Å². The third-order valence-electron chi connectivity index (χ3n) is 4.62. The Bertz CT molecular complexity index is 889. The summed E-state index contributed by atoms with van der Waals surface area (Å²) in [4.78, 5) is 37.4. The molecule has 0 heterocycles. The van der Waals surface area contributed by atoms with Crippen LogP contribution in [0.1, 0.15) is 25.0 Å². The topological polar surface area (TPSA) is 93.7 Å². The summed E-state index contributed by atoms with van der Waals surface area (Å²) in [5, 5.41) is 5.31. The zero-order valence-corrected chi connectivity index (χ0v) is 19.9. The third kappa shape index (κ3) is 7.86. The normalized spacial score (nSPS) is 12.5. The van der Waals surface area contributed by atoms with Crippen molar-refractivity contribution >= 4 is 40.6 Å². The highest BCUT2D eigenvalue weighted by Gasteiger charge is 2.30. The maximum absolute atomic E-state index is 12.9. The summed E-state index contributed by atoms with van der Waals surface area (Å²) in [6.45, 7) is 3.69. The third-order valence-corrected chi connectivity index (χ3v) is 5.67. The van der Waals surface area contributed by atoms with Crippen LogP contribution in [0.2, 0.25) is 0 Å². The average molecular weight is 538 g/mol. The van der Waals surface area contributed by atoms with E-state index in [4.69, 9.17) is 9.47 Å². The summed E-state index contributed by atoms with van der Waals surface area (Å²) in [6, 6.07) is 15.1. The largest absolute Gasteiger partial charge is 0.467 e. The molecule has 0 aromatic heterocycles. The summed E-state index contributed by atoms with van der Waals surface area (Å²) >= 11 is 2.18. The van der Waals surface area contributed by atoms with Gasteiger partial charge in [-0.05, 0) is 45.7 Å². The van der Waals surface area contributed by atoms with Crippen LogP contribution in [0.4, 0.5) is 4.79 Å². The Morgan fingerprint density at radius 3 is 2.23 bits per heavy atom. The van der Waals surface area contributed by atoms with Crippen molar-refractivity contribution < 1.29 is 23.9 Å². The molecule has 8 heteroatoms. The number of methoxy groups -OCH3 is 1. The number of carbonyl (C=O) groups excluding carboxylic acids is 3. The molecule has 2 N–H and O–H groups in total. The van der Waals surface area contributed by atoms with Crippen molar-refractivity contribution in [1.29, 1.82) is 0 Å². The predicted octanol–water partition coefficient (Wildman–Crippen LogP) is 3.44. The Morgan fingerprint density at radius 1 is 0.968 bits per heavy atom. The molecule has 0 aliphatic carbocycles. The van der Waals surface area contributed by atoms with Crippen molar-refractivity contribution in [2.24, 2.45) is 5.92 Å². The molecule has 2 aromatic rings.